The Morgan fingerprint density at radius 2 is 2.12 bits per heavy atom. The van der Waals surface area contributed by atoms with Crippen molar-refractivity contribution in [1.82, 2.24) is 0 Å². The lowest BCUT2D eigenvalue weighted by Gasteiger charge is -2.25. The zero-order valence-electron chi connectivity index (χ0n) is 9.62. The van der Waals surface area contributed by atoms with E-state index < -0.39 is 17.5 Å². The summed E-state index contributed by atoms with van der Waals surface area (Å²) in [5.41, 5.74) is -0.652. The van der Waals surface area contributed by atoms with E-state index in [0.717, 1.165) is 6.08 Å². The first-order chi connectivity index (χ1) is 7.47. The highest BCUT2D eigenvalue weighted by atomic mass is 35.5. The quantitative estimate of drug-likeness (QED) is 0.393. The van der Waals surface area contributed by atoms with Crippen LogP contribution in [0.15, 0.2) is 12.7 Å². The maximum atomic E-state index is 11.3. The summed E-state index contributed by atoms with van der Waals surface area (Å²) in [6.07, 6.45) is 1.70. The van der Waals surface area contributed by atoms with Crippen LogP contribution >= 0.6 is 11.6 Å². The molecule has 0 spiro atoms. The summed E-state index contributed by atoms with van der Waals surface area (Å²) in [5.74, 6) is -0.743. The Labute approximate surface area is 101 Å². The number of alkyl halides is 1. The van der Waals surface area contributed by atoms with E-state index in [1.807, 2.05) is 6.92 Å². The van der Waals surface area contributed by atoms with Crippen molar-refractivity contribution >= 4 is 23.5 Å². The molecule has 0 aromatic heterocycles. The van der Waals surface area contributed by atoms with Crippen molar-refractivity contribution in [2.45, 2.75) is 32.3 Å². The fourth-order valence-electron chi connectivity index (χ4n) is 0.814. The second-order valence-electron chi connectivity index (χ2n) is 3.53. The molecule has 0 fully saturated rings. The number of carbonyl (C=O) groups is 2. The third-order valence-electron chi connectivity index (χ3n) is 2.11. The molecule has 1 unspecified atom stereocenters. The maximum Gasteiger partial charge on any atom is 0.330 e. The number of halogens is 1. The van der Waals surface area contributed by atoms with Crippen molar-refractivity contribution in [3.05, 3.63) is 12.7 Å². The number of hydrogen-bond donors (Lipinski definition) is 0. The predicted molar refractivity (Wildman–Crippen MR) is 61.3 cm³/mol. The Balaban J connectivity index is 3.90. The lowest BCUT2D eigenvalue weighted by molar-refractivity contribution is -0.158. The molecule has 0 bridgehead atoms. The van der Waals surface area contributed by atoms with Crippen molar-refractivity contribution in [2.75, 3.05) is 12.5 Å². The van der Waals surface area contributed by atoms with Gasteiger partial charge in [-0.2, -0.15) is 0 Å². The summed E-state index contributed by atoms with van der Waals surface area (Å²) in [6, 6.07) is 0. The first-order valence-corrected chi connectivity index (χ1v) is 5.58. The Kier molecular flexibility index (Phi) is 6.81. The van der Waals surface area contributed by atoms with Gasteiger partial charge in [-0.3, -0.25) is 4.79 Å². The molecule has 0 aliphatic carbocycles. The maximum absolute atomic E-state index is 11.3. The van der Waals surface area contributed by atoms with Gasteiger partial charge in [-0.1, -0.05) is 13.5 Å². The minimum absolute atomic E-state index is 0.00817. The SMILES string of the molecule is C=CC(=O)OCCC(=O)OC(C)(CC)CCl. The lowest BCUT2D eigenvalue weighted by Crippen LogP contribution is -2.33. The summed E-state index contributed by atoms with van der Waals surface area (Å²) >= 11 is 5.68. The normalized spacial score (nSPS) is 13.7. The van der Waals surface area contributed by atoms with Crippen molar-refractivity contribution < 1.29 is 19.1 Å². The van der Waals surface area contributed by atoms with Gasteiger partial charge in [-0.25, -0.2) is 4.79 Å². The van der Waals surface area contributed by atoms with E-state index >= 15 is 0 Å². The minimum atomic E-state index is -0.652. The molecule has 0 radical (unpaired) electrons. The molecule has 5 heteroatoms. The third kappa shape index (κ3) is 5.75. The zero-order valence-corrected chi connectivity index (χ0v) is 10.4. The Bertz CT molecular complexity index is 259. The van der Waals surface area contributed by atoms with Gasteiger partial charge < -0.3 is 9.47 Å². The third-order valence-corrected chi connectivity index (χ3v) is 2.67. The summed E-state index contributed by atoms with van der Waals surface area (Å²) in [7, 11) is 0. The summed E-state index contributed by atoms with van der Waals surface area (Å²) in [4.78, 5) is 22.0. The molecule has 0 saturated heterocycles. The van der Waals surface area contributed by atoms with Crippen molar-refractivity contribution in [3.8, 4) is 0 Å². The Hall–Kier alpha value is -1.03. The minimum Gasteiger partial charge on any atom is -0.462 e. The number of rotatable bonds is 7. The van der Waals surface area contributed by atoms with Gasteiger partial charge in [0, 0.05) is 6.08 Å². The van der Waals surface area contributed by atoms with E-state index in [1.165, 1.54) is 0 Å². The molecule has 0 aliphatic heterocycles. The first-order valence-electron chi connectivity index (χ1n) is 5.04. The molecular formula is C11H17ClO4. The van der Waals surface area contributed by atoms with E-state index in [2.05, 4.69) is 11.3 Å². The van der Waals surface area contributed by atoms with E-state index in [4.69, 9.17) is 16.3 Å². The van der Waals surface area contributed by atoms with Gasteiger partial charge in [-0.15, -0.1) is 11.6 Å². The number of esters is 2. The average molecular weight is 249 g/mol. The first kappa shape index (κ1) is 15.0. The highest BCUT2D eigenvalue weighted by Crippen LogP contribution is 2.17. The van der Waals surface area contributed by atoms with E-state index in [1.54, 1.807) is 6.92 Å². The van der Waals surface area contributed by atoms with Crippen LogP contribution in [-0.4, -0.2) is 30.0 Å². The predicted octanol–water partition coefficient (Wildman–Crippen LogP) is 2.06. The molecule has 0 saturated carbocycles. The molecule has 16 heavy (non-hydrogen) atoms. The van der Waals surface area contributed by atoms with E-state index in [9.17, 15) is 9.59 Å². The summed E-state index contributed by atoms with van der Waals surface area (Å²) in [6.45, 7) is 6.87. The molecule has 0 aromatic rings. The monoisotopic (exact) mass is 248 g/mol. The summed E-state index contributed by atoms with van der Waals surface area (Å²) < 4.78 is 9.82. The molecule has 0 N–H and O–H groups in total. The smallest absolute Gasteiger partial charge is 0.330 e. The van der Waals surface area contributed by atoms with Crippen molar-refractivity contribution in [3.63, 3.8) is 0 Å². The molecule has 4 nitrogen and oxygen atoms in total. The van der Waals surface area contributed by atoms with Crippen LogP contribution < -0.4 is 0 Å². The number of hydrogen-bond acceptors (Lipinski definition) is 4. The molecule has 0 aromatic carbocycles. The topological polar surface area (TPSA) is 52.6 Å². The van der Waals surface area contributed by atoms with Crippen LogP contribution in [0.1, 0.15) is 26.7 Å². The molecule has 0 rings (SSSR count). The summed E-state index contributed by atoms with van der Waals surface area (Å²) in [5, 5.41) is 0. The van der Waals surface area contributed by atoms with Crippen LogP contribution in [0.25, 0.3) is 0 Å². The van der Waals surface area contributed by atoms with Gasteiger partial charge in [-0.05, 0) is 13.3 Å². The van der Waals surface area contributed by atoms with E-state index in [-0.39, 0.29) is 18.9 Å². The molecule has 1 atom stereocenters. The molecule has 92 valence electrons. The largest absolute Gasteiger partial charge is 0.462 e. The van der Waals surface area contributed by atoms with Crippen LogP contribution in [0.5, 0.6) is 0 Å². The van der Waals surface area contributed by atoms with Gasteiger partial charge in [0.15, 0.2) is 0 Å². The van der Waals surface area contributed by atoms with Crippen molar-refractivity contribution in [2.24, 2.45) is 0 Å². The highest BCUT2D eigenvalue weighted by Gasteiger charge is 2.25. The van der Waals surface area contributed by atoms with Crippen molar-refractivity contribution in [1.29, 1.82) is 0 Å². The van der Waals surface area contributed by atoms with Crippen LogP contribution in [0.4, 0.5) is 0 Å². The highest BCUT2D eigenvalue weighted by molar-refractivity contribution is 6.18. The van der Waals surface area contributed by atoms with Crippen LogP contribution in [0.2, 0.25) is 0 Å². The average Bonchev–Trinajstić information content (AvgIpc) is 2.28. The van der Waals surface area contributed by atoms with Crippen LogP contribution in [-0.2, 0) is 19.1 Å². The number of ether oxygens (including phenoxy) is 2. The second kappa shape index (κ2) is 7.28. The molecular weight excluding hydrogens is 232 g/mol. The van der Waals surface area contributed by atoms with Gasteiger partial charge in [0.1, 0.15) is 12.2 Å². The van der Waals surface area contributed by atoms with Crippen LogP contribution in [0, 0.1) is 0 Å². The number of carbonyl (C=O) groups excluding carboxylic acids is 2. The molecule has 0 aliphatic rings. The fraction of sp³-hybridized carbons (Fsp3) is 0.636. The molecule has 0 heterocycles. The second-order valence-corrected chi connectivity index (χ2v) is 3.80. The standard InChI is InChI=1S/C11H17ClO4/c1-4-9(13)15-7-6-10(14)16-11(3,5-2)8-12/h4H,1,5-8H2,2-3H3. The zero-order chi connectivity index (χ0) is 12.6. The fourth-order valence-corrected chi connectivity index (χ4v) is 1.06. The Morgan fingerprint density at radius 1 is 1.50 bits per heavy atom. The molecule has 0 amide bonds. The van der Waals surface area contributed by atoms with Gasteiger partial charge >= 0.3 is 11.9 Å². The van der Waals surface area contributed by atoms with E-state index in [0.29, 0.717) is 6.42 Å². The Morgan fingerprint density at radius 3 is 2.56 bits per heavy atom. The van der Waals surface area contributed by atoms with Gasteiger partial charge in [0.25, 0.3) is 0 Å². The van der Waals surface area contributed by atoms with Gasteiger partial charge in [0.05, 0.1) is 12.3 Å². The van der Waals surface area contributed by atoms with Crippen LogP contribution in [0.3, 0.4) is 0 Å². The van der Waals surface area contributed by atoms with Gasteiger partial charge in [0.2, 0.25) is 0 Å². The lowest BCUT2D eigenvalue weighted by atomic mass is 10.1.